The summed E-state index contributed by atoms with van der Waals surface area (Å²) in [5.74, 6) is -1.26. The van der Waals surface area contributed by atoms with Crippen LogP contribution in [0.25, 0.3) is 0 Å². The Morgan fingerprint density at radius 2 is 2.19 bits per heavy atom. The topological polar surface area (TPSA) is 57.2 Å². The van der Waals surface area contributed by atoms with Crippen molar-refractivity contribution in [1.29, 1.82) is 0 Å². The Kier molecular flexibility index (Phi) is 4.97. The number of hydrogen-bond donors (Lipinski definition) is 0. The highest BCUT2D eigenvalue weighted by molar-refractivity contribution is 5.84. The second-order valence-corrected chi connectivity index (χ2v) is 4.88. The van der Waals surface area contributed by atoms with Gasteiger partial charge in [-0.2, -0.15) is 0 Å². The van der Waals surface area contributed by atoms with Crippen LogP contribution in [0, 0.1) is 17.8 Å². The fraction of sp³-hybridized carbons (Fsp3) is 0.846. The van der Waals surface area contributed by atoms with Gasteiger partial charge in [0.15, 0.2) is 0 Å². The number of carbonyl (C=O) groups is 2. The van der Waals surface area contributed by atoms with Crippen LogP contribution in [-0.2, 0) is 9.59 Å². The van der Waals surface area contributed by atoms with E-state index in [1.54, 1.807) is 6.92 Å². The summed E-state index contributed by atoms with van der Waals surface area (Å²) >= 11 is 0. The van der Waals surface area contributed by atoms with E-state index in [1.807, 2.05) is 0 Å². The Labute approximate surface area is 97.2 Å². The third-order valence-electron chi connectivity index (χ3n) is 3.79. The van der Waals surface area contributed by atoms with Gasteiger partial charge in [-0.15, -0.1) is 0 Å². The molecular weight excluding hydrogens is 204 g/mol. The van der Waals surface area contributed by atoms with E-state index in [0.29, 0.717) is 6.42 Å². The Balaban J connectivity index is 2.55. The number of unbranched alkanes of at least 4 members (excludes halogenated alkanes) is 2. The monoisotopic (exact) mass is 225 g/mol. The molecule has 92 valence electrons. The van der Waals surface area contributed by atoms with Gasteiger partial charge >= 0.3 is 0 Å². The third-order valence-corrected chi connectivity index (χ3v) is 3.79. The van der Waals surface area contributed by atoms with Gasteiger partial charge in [0.2, 0.25) is 0 Å². The summed E-state index contributed by atoms with van der Waals surface area (Å²) in [5.41, 5.74) is 0. The van der Waals surface area contributed by atoms with Crippen molar-refractivity contribution in [2.45, 2.75) is 52.4 Å². The SMILES string of the molecule is CCCCCC1C(=O)CCC1C(C)C(=O)[O-]. The summed E-state index contributed by atoms with van der Waals surface area (Å²) in [5, 5.41) is 10.8. The van der Waals surface area contributed by atoms with Crippen LogP contribution in [0.2, 0.25) is 0 Å². The van der Waals surface area contributed by atoms with Crippen LogP contribution in [0.15, 0.2) is 0 Å². The molecule has 0 heterocycles. The smallest absolute Gasteiger partial charge is 0.136 e. The molecule has 1 aliphatic carbocycles. The van der Waals surface area contributed by atoms with Gasteiger partial charge in [0.1, 0.15) is 5.78 Å². The molecular formula is C13H21O3-. The van der Waals surface area contributed by atoms with Gasteiger partial charge in [0, 0.05) is 18.3 Å². The minimum absolute atomic E-state index is 0.00866. The quantitative estimate of drug-likeness (QED) is 0.644. The molecule has 0 aliphatic heterocycles. The first-order chi connectivity index (χ1) is 7.57. The number of ketones is 1. The second kappa shape index (κ2) is 6.02. The first-order valence-corrected chi connectivity index (χ1v) is 6.31. The molecule has 0 aromatic carbocycles. The van der Waals surface area contributed by atoms with Crippen LogP contribution in [0.1, 0.15) is 52.4 Å². The van der Waals surface area contributed by atoms with Crippen LogP contribution >= 0.6 is 0 Å². The van der Waals surface area contributed by atoms with Crippen LogP contribution in [0.3, 0.4) is 0 Å². The molecule has 3 unspecified atom stereocenters. The summed E-state index contributed by atoms with van der Waals surface area (Å²) in [7, 11) is 0. The standard InChI is InChI=1S/C13H22O3/c1-3-4-5-6-11-10(7-8-12(11)14)9(2)13(15)16/h9-11H,3-8H2,1-2H3,(H,15,16)/p-1. The summed E-state index contributed by atoms with van der Waals surface area (Å²) in [6.45, 7) is 3.79. The van der Waals surface area contributed by atoms with E-state index in [1.165, 1.54) is 0 Å². The van der Waals surface area contributed by atoms with Crippen molar-refractivity contribution >= 4 is 11.8 Å². The summed E-state index contributed by atoms with van der Waals surface area (Å²) in [6.07, 6.45) is 5.42. The zero-order chi connectivity index (χ0) is 12.1. The van der Waals surface area contributed by atoms with Crippen LogP contribution < -0.4 is 5.11 Å². The highest BCUT2D eigenvalue weighted by Gasteiger charge is 2.37. The van der Waals surface area contributed by atoms with E-state index in [-0.39, 0.29) is 17.6 Å². The summed E-state index contributed by atoms with van der Waals surface area (Å²) < 4.78 is 0. The normalized spacial score (nSPS) is 27.0. The van der Waals surface area contributed by atoms with E-state index in [2.05, 4.69) is 6.92 Å². The van der Waals surface area contributed by atoms with Gasteiger partial charge in [0.25, 0.3) is 0 Å². The molecule has 0 aromatic heterocycles. The molecule has 0 amide bonds. The number of rotatable bonds is 6. The molecule has 1 rings (SSSR count). The molecule has 3 atom stereocenters. The van der Waals surface area contributed by atoms with Gasteiger partial charge in [-0.3, -0.25) is 4.79 Å². The maximum atomic E-state index is 11.7. The zero-order valence-corrected chi connectivity index (χ0v) is 10.2. The van der Waals surface area contributed by atoms with E-state index < -0.39 is 11.9 Å². The van der Waals surface area contributed by atoms with Gasteiger partial charge < -0.3 is 9.90 Å². The molecule has 0 bridgehead atoms. The van der Waals surface area contributed by atoms with Crippen molar-refractivity contribution in [1.82, 2.24) is 0 Å². The first-order valence-electron chi connectivity index (χ1n) is 6.31. The fourth-order valence-electron chi connectivity index (χ4n) is 2.70. The van der Waals surface area contributed by atoms with Crippen molar-refractivity contribution in [3.05, 3.63) is 0 Å². The number of carboxylic acid groups (broad SMARTS) is 1. The zero-order valence-electron chi connectivity index (χ0n) is 10.2. The number of carbonyl (C=O) groups excluding carboxylic acids is 2. The number of aliphatic carboxylic acids is 1. The molecule has 0 spiro atoms. The fourth-order valence-corrected chi connectivity index (χ4v) is 2.70. The van der Waals surface area contributed by atoms with Gasteiger partial charge in [0.05, 0.1) is 0 Å². The van der Waals surface area contributed by atoms with Gasteiger partial charge in [-0.1, -0.05) is 33.1 Å². The highest BCUT2D eigenvalue weighted by atomic mass is 16.4. The molecule has 16 heavy (non-hydrogen) atoms. The molecule has 1 fully saturated rings. The van der Waals surface area contributed by atoms with Crippen LogP contribution in [0.4, 0.5) is 0 Å². The van der Waals surface area contributed by atoms with Crippen molar-refractivity contribution in [3.63, 3.8) is 0 Å². The van der Waals surface area contributed by atoms with Crippen LogP contribution in [-0.4, -0.2) is 11.8 Å². The number of hydrogen-bond acceptors (Lipinski definition) is 3. The predicted octanol–water partition coefficient (Wildman–Crippen LogP) is 1.55. The molecule has 0 saturated heterocycles. The summed E-state index contributed by atoms with van der Waals surface area (Å²) in [6, 6.07) is 0. The van der Waals surface area contributed by atoms with Crippen molar-refractivity contribution < 1.29 is 14.7 Å². The van der Waals surface area contributed by atoms with Crippen molar-refractivity contribution in [2.24, 2.45) is 17.8 Å². The van der Waals surface area contributed by atoms with E-state index in [0.717, 1.165) is 32.1 Å². The average Bonchev–Trinajstić information content (AvgIpc) is 2.60. The Morgan fingerprint density at radius 1 is 1.50 bits per heavy atom. The molecule has 0 aromatic rings. The molecule has 0 radical (unpaired) electrons. The number of carboxylic acids is 1. The summed E-state index contributed by atoms with van der Waals surface area (Å²) in [4.78, 5) is 22.5. The number of Topliss-reactive ketones (excluding diaryl/α,β-unsaturated/α-hetero) is 1. The molecule has 0 N–H and O–H groups in total. The third kappa shape index (κ3) is 3.06. The van der Waals surface area contributed by atoms with E-state index in [4.69, 9.17) is 0 Å². The van der Waals surface area contributed by atoms with Crippen LogP contribution in [0.5, 0.6) is 0 Å². The highest BCUT2D eigenvalue weighted by Crippen LogP contribution is 2.37. The van der Waals surface area contributed by atoms with Gasteiger partial charge in [-0.05, 0) is 24.7 Å². The maximum absolute atomic E-state index is 11.7. The predicted molar refractivity (Wildman–Crippen MR) is 59.5 cm³/mol. The Hall–Kier alpha value is -0.860. The lowest BCUT2D eigenvalue weighted by Crippen LogP contribution is -2.36. The van der Waals surface area contributed by atoms with E-state index >= 15 is 0 Å². The Morgan fingerprint density at radius 3 is 2.75 bits per heavy atom. The first kappa shape index (κ1) is 13.2. The van der Waals surface area contributed by atoms with Gasteiger partial charge in [-0.25, -0.2) is 0 Å². The lowest BCUT2D eigenvalue weighted by molar-refractivity contribution is -0.313. The minimum atomic E-state index is -1.01. The largest absolute Gasteiger partial charge is 0.550 e. The Bertz CT molecular complexity index is 260. The van der Waals surface area contributed by atoms with Crippen molar-refractivity contribution in [2.75, 3.05) is 0 Å². The molecule has 1 aliphatic rings. The lowest BCUT2D eigenvalue weighted by Gasteiger charge is -2.25. The van der Waals surface area contributed by atoms with E-state index in [9.17, 15) is 14.7 Å². The minimum Gasteiger partial charge on any atom is -0.550 e. The lowest BCUT2D eigenvalue weighted by atomic mass is 9.82. The molecule has 3 heteroatoms. The molecule has 3 nitrogen and oxygen atoms in total. The molecule has 1 saturated carbocycles. The van der Waals surface area contributed by atoms with Crippen molar-refractivity contribution in [3.8, 4) is 0 Å². The average molecular weight is 225 g/mol. The second-order valence-electron chi connectivity index (χ2n) is 4.88. The maximum Gasteiger partial charge on any atom is 0.136 e.